The minimum Gasteiger partial charge on any atom is -0.497 e. The van der Waals surface area contributed by atoms with E-state index in [1.54, 1.807) is 30.5 Å². The molecule has 3 aliphatic rings. The second kappa shape index (κ2) is 10.8. The molecule has 2 N–H and O–H groups in total. The van der Waals surface area contributed by atoms with Crippen LogP contribution in [0, 0.1) is 11.8 Å². The zero-order valence-corrected chi connectivity index (χ0v) is 22.9. The van der Waals surface area contributed by atoms with Gasteiger partial charge in [0.2, 0.25) is 0 Å². The van der Waals surface area contributed by atoms with E-state index in [0.29, 0.717) is 53.9 Å². The van der Waals surface area contributed by atoms with Gasteiger partial charge in [-0.2, -0.15) is 26.3 Å². The summed E-state index contributed by atoms with van der Waals surface area (Å²) in [5.74, 6) is 0.981. The number of ether oxygens (including phenoxy) is 1. The topological polar surface area (TPSA) is 54.6 Å². The quantitative estimate of drug-likeness (QED) is 0.189. The predicted molar refractivity (Wildman–Crippen MR) is 149 cm³/mol. The maximum absolute atomic E-state index is 13.9. The first-order valence-electron chi connectivity index (χ1n) is 13.0. The largest absolute Gasteiger partial charge is 0.497 e. The number of nitrogens with zero attached hydrogens (tertiary/aromatic N) is 3. The van der Waals surface area contributed by atoms with Crippen LogP contribution in [-0.4, -0.2) is 41.2 Å². The number of thiocarbonyl (C=S) groups is 1. The van der Waals surface area contributed by atoms with Gasteiger partial charge in [-0.15, -0.1) is 6.58 Å². The molecule has 12 heteroatoms. The van der Waals surface area contributed by atoms with E-state index in [1.807, 2.05) is 6.08 Å². The average Bonchev–Trinajstić information content (AvgIpc) is 2.94. The van der Waals surface area contributed by atoms with Crippen molar-refractivity contribution >= 4 is 33.9 Å². The fraction of sp³-hybridized carbons (Fsp3) is 0.379. The van der Waals surface area contributed by atoms with Crippen molar-refractivity contribution in [1.82, 2.24) is 9.88 Å². The first kappa shape index (κ1) is 29.1. The number of aromatic nitrogens is 1. The third-order valence-electron chi connectivity index (χ3n) is 8.19. The van der Waals surface area contributed by atoms with E-state index < -0.39 is 29.5 Å². The monoisotopic (exact) mass is 594 g/mol. The predicted octanol–water partition coefficient (Wildman–Crippen LogP) is 6.97. The van der Waals surface area contributed by atoms with Crippen molar-refractivity contribution in [2.24, 2.45) is 17.6 Å². The summed E-state index contributed by atoms with van der Waals surface area (Å²) in [6, 6.07) is 7.22. The Morgan fingerprint density at radius 3 is 2.34 bits per heavy atom. The molecule has 1 aromatic heterocycles. The third kappa shape index (κ3) is 5.59. The number of anilines is 1. The molecule has 5 nitrogen and oxygen atoms in total. The van der Waals surface area contributed by atoms with Gasteiger partial charge in [-0.05, 0) is 91.5 Å². The molecule has 5 atom stereocenters. The Morgan fingerprint density at radius 1 is 1.12 bits per heavy atom. The molecule has 3 saturated heterocycles. The number of benzene rings is 2. The standard InChI is InChI=1S/C29H28F6N4OS/c1-3-16-15-38-9-7-17(16)10-25(38)26(22-6-8-37-24-5-4-21(40-2)14-23(22)24)39(27(36)41)20-12-18(28(30,31)32)11-19(13-20)29(33,34)35/h3-6,8,11-14,16-17,25-26H,1,7,9-10,15H2,2H3,(H2,36,41)/t16-,17-,25+,26?/m0/s1. The van der Waals surface area contributed by atoms with Crippen LogP contribution < -0.4 is 15.4 Å². The molecule has 4 heterocycles. The van der Waals surface area contributed by atoms with Crippen LogP contribution in [0.15, 0.2) is 61.3 Å². The van der Waals surface area contributed by atoms with E-state index in [9.17, 15) is 26.3 Å². The molecule has 2 bridgehead atoms. The Kier molecular flexibility index (Phi) is 7.66. The molecule has 0 amide bonds. The van der Waals surface area contributed by atoms with Crippen LogP contribution in [0.5, 0.6) is 5.75 Å². The van der Waals surface area contributed by atoms with Gasteiger partial charge >= 0.3 is 12.4 Å². The van der Waals surface area contributed by atoms with E-state index in [0.717, 1.165) is 6.42 Å². The molecule has 0 saturated carbocycles. The van der Waals surface area contributed by atoms with Crippen molar-refractivity contribution in [3.63, 3.8) is 0 Å². The van der Waals surface area contributed by atoms with Gasteiger partial charge in [0.1, 0.15) is 5.75 Å². The lowest BCUT2D eigenvalue weighted by Crippen LogP contribution is -2.58. The molecule has 3 fully saturated rings. The molecule has 2 aromatic carbocycles. The van der Waals surface area contributed by atoms with Crippen molar-refractivity contribution in [2.45, 2.75) is 37.3 Å². The van der Waals surface area contributed by atoms with Crippen molar-refractivity contribution in [3.05, 3.63) is 78.0 Å². The normalized spacial score (nSPS) is 23.3. The summed E-state index contributed by atoms with van der Waals surface area (Å²) >= 11 is 5.39. The van der Waals surface area contributed by atoms with Gasteiger partial charge in [-0.3, -0.25) is 9.88 Å². The molecular formula is C29H28F6N4OS. The highest BCUT2D eigenvalue weighted by Gasteiger charge is 2.46. The van der Waals surface area contributed by atoms with Crippen LogP contribution in [-0.2, 0) is 12.4 Å². The minimum atomic E-state index is -5.03. The number of hydrogen-bond acceptors (Lipinski definition) is 4. The summed E-state index contributed by atoms with van der Waals surface area (Å²) < 4.78 is 88.7. The number of piperidine rings is 3. The van der Waals surface area contributed by atoms with Crippen molar-refractivity contribution < 1.29 is 31.1 Å². The van der Waals surface area contributed by atoms with Gasteiger partial charge in [-0.1, -0.05) is 6.08 Å². The first-order chi connectivity index (χ1) is 19.3. The van der Waals surface area contributed by atoms with Crippen molar-refractivity contribution in [2.75, 3.05) is 25.1 Å². The number of methoxy groups -OCH3 is 1. The molecule has 3 aliphatic heterocycles. The van der Waals surface area contributed by atoms with Gasteiger partial charge in [0.05, 0.1) is 29.8 Å². The summed E-state index contributed by atoms with van der Waals surface area (Å²) in [6.45, 7) is 5.32. The number of hydrogen-bond donors (Lipinski definition) is 1. The lowest BCUT2D eigenvalue weighted by Gasteiger charge is -2.53. The maximum atomic E-state index is 13.9. The SMILES string of the molecule is C=C[C@H]1C[N@]2CC[C@H]1C[C@@H]2C(c1ccnc2ccc(OC)cc12)N(C(N)=S)c1cc(C(F)(F)F)cc(C(F)(F)F)c1. The summed E-state index contributed by atoms with van der Waals surface area (Å²) in [5.41, 5.74) is 4.12. The van der Waals surface area contributed by atoms with Gasteiger partial charge in [-0.25, -0.2) is 0 Å². The molecule has 0 aliphatic carbocycles. The minimum absolute atomic E-state index is 0.101. The Labute approximate surface area is 238 Å². The Balaban J connectivity index is 1.77. The van der Waals surface area contributed by atoms with Crippen LogP contribution in [0.3, 0.4) is 0 Å². The molecule has 41 heavy (non-hydrogen) atoms. The summed E-state index contributed by atoms with van der Waals surface area (Å²) in [4.78, 5) is 7.87. The van der Waals surface area contributed by atoms with E-state index in [1.165, 1.54) is 12.0 Å². The first-order valence-corrected chi connectivity index (χ1v) is 13.4. The van der Waals surface area contributed by atoms with Crippen LogP contribution in [0.25, 0.3) is 10.9 Å². The van der Waals surface area contributed by atoms with Crippen LogP contribution in [0.2, 0.25) is 0 Å². The highest BCUT2D eigenvalue weighted by molar-refractivity contribution is 7.80. The summed E-state index contributed by atoms with van der Waals surface area (Å²) in [7, 11) is 1.50. The van der Waals surface area contributed by atoms with Gasteiger partial charge in [0, 0.05) is 29.9 Å². The highest BCUT2D eigenvalue weighted by Crippen LogP contribution is 2.47. The number of alkyl halides is 6. The van der Waals surface area contributed by atoms with Crippen molar-refractivity contribution in [1.29, 1.82) is 0 Å². The number of halogens is 6. The third-order valence-corrected chi connectivity index (χ3v) is 8.38. The smallest absolute Gasteiger partial charge is 0.416 e. The summed E-state index contributed by atoms with van der Waals surface area (Å²) in [5, 5.41) is 0.280. The van der Waals surface area contributed by atoms with E-state index in [2.05, 4.69) is 16.5 Å². The molecule has 0 radical (unpaired) electrons. The van der Waals surface area contributed by atoms with E-state index in [-0.39, 0.29) is 34.7 Å². The zero-order chi connectivity index (χ0) is 29.7. The van der Waals surface area contributed by atoms with E-state index >= 15 is 0 Å². The average molecular weight is 595 g/mol. The summed E-state index contributed by atoms with van der Waals surface area (Å²) in [6.07, 6.45) is -5.07. The number of pyridine rings is 1. The lowest BCUT2D eigenvalue weighted by atomic mass is 9.72. The highest BCUT2D eigenvalue weighted by atomic mass is 32.1. The van der Waals surface area contributed by atoms with Crippen LogP contribution >= 0.6 is 12.2 Å². The van der Waals surface area contributed by atoms with Gasteiger partial charge < -0.3 is 15.4 Å². The fourth-order valence-corrected chi connectivity index (χ4v) is 6.48. The molecule has 3 aromatic rings. The Bertz CT molecular complexity index is 1440. The van der Waals surface area contributed by atoms with Crippen LogP contribution in [0.4, 0.5) is 32.0 Å². The molecule has 6 rings (SSSR count). The Morgan fingerprint density at radius 2 is 1.80 bits per heavy atom. The molecule has 218 valence electrons. The second-order valence-corrected chi connectivity index (χ2v) is 10.9. The van der Waals surface area contributed by atoms with E-state index in [4.69, 9.17) is 22.7 Å². The molecule has 0 spiro atoms. The number of fused-ring (bicyclic) bond motifs is 4. The number of rotatable bonds is 6. The lowest BCUT2D eigenvalue weighted by molar-refractivity contribution is -0.143. The van der Waals surface area contributed by atoms with Gasteiger partial charge in [0.25, 0.3) is 0 Å². The molecular weight excluding hydrogens is 566 g/mol. The Hall–Kier alpha value is -3.38. The van der Waals surface area contributed by atoms with Crippen LogP contribution in [0.1, 0.15) is 35.6 Å². The zero-order valence-electron chi connectivity index (χ0n) is 22.0. The van der Waals surface area contributed by atoms with Gasteiger partial charge in [0.15, 0.2) is 5.11 Å². The number of nitrogens with two attached hydrogens (primary N) is 1. The fourth-order valence-electron chi connectivity index (χ4n) is 6.26. The maximum Gasteiger partial charge on any atom is 0.416 e. The van der Waals surface area contributed by atoms with Crippen molar-refractivity contribution in [3.8, 4) is 5.75 Å². The molecule has 1 unspecified atom stereocenters. The second-order valence-electron chi connectivity index (χ2n) is 10.4.